The van der Waals surface area contributed by atoms with E-state index in [-0.39, 0.29) is 23.8 Å². The Kier molecular flexibility index (Phi) is 7.32. The molecule has 0 radical (unpaired) electrons. The van der Waals surface area contributed by atoms with E-state index in [0.717, 1.165) is 40.1 Å². The number of carbonyl (C=O) groups is 1. The summed E-state index contributed by atoms with van der Waals surface area (Å²) in [6.07, 6.45) is 3.34. The fourth-order valence-electron chi connectivity index (χ4n) is 8.53. The van der Waals surface area contributed by atoms with Crippen molar-refractivity contribution in [2.45, 2.75) is 56.5 Å². The molecule has 1 N–H and O–H groups in total. The van der Waals surface area contributed by atoms with Crippen LogP contribution in [0.2, 0.25) is 5.02 Å². The third kappa shape index (κ3) is 5.03. The van der Waals surface area contributed by atoms with Gasteiger partial charge in [-0.05, 0) is 54.1 Å². The van der Waals surface area contributed by atoms with Crippen molar-refractivity contribution in [1.82, 2.24) is 25.1 Å². The van der Waals surface area contributed by atoms with E-state index >= 15 is 8.78 Å². The molecule has 10 rings (SSSR count). The van der Waals surface area contributed by atoms with Crippen molar-refractivity contribution in [2.75, 3.05) is 25.6 Å². The van der Waals surface area contributed by atoms with Gasteiger partial charge in [-0.15, -0.1) is 21.5 Å². The van der Waals surface area contributed by atoms with Gasteiger partial charge in [-0.2, -0.15) is 0 Å². The number of alkyl halides is 2. The number of ether oxygens (including phenoxy) is 2. The second-order valence-corrected chi connectivity index (χ2v) is 15.5. The van der Waals surface area contributed by atoms with Crippen LogP contribution < -0.4 is 14.8 Å². The Hall–Kier alpha value is -5.14. The molecule has 7 heterocycles. The first-order valence-corrected chi connectivity index (χ1v) is 18.7. The second-order valence-electron chi connectivity index (χ2n) is 14.0. The molecule has 4 aromatic heterocycles. The second kappa shape index (κ2) is 11.9. The average Bonchev–Trinajstić information content (AvgIpc) is 3.99. The Morgan fingerprint density at radius 2 is 2.00 bits per heavy atom. The molecular formula is C39H31ClF2N6O4S. The molecule has 10 nitrogen and oxygen atoms in total. The summed E-state index contributed by atoms with van der Waals surface area (Å²) < 4.78 is 49.7. The number of thiophene rings is 1. The van der Waals surface area contributed by atoms with Crippen LogP contribution in [0.1, 0.15) is 75.2 Å². The number of aryl methyl sites for hydroxylation is 1. The summed E-state index contributed by atoms with van der Waals surface area (Å²) in [6, 6.07) is 13.2. The summed E-state index contributed by atoms with van der Waals surface area (Å²) in [6.45, 7) is 2.80. The van der Waals surface area contributed by atoms with Crippen LogP contribution in [-0.4, -0.2) is 57.2 Å². The highest BCUT2D eigenvalue weighted by Gasteiger charge is 2.49. The number of pyridine rings is 2. The van der Waals surface area contributed by atoms with Crippen LogP contribution in [0.4, 0.5) is 14.6 Å². The monoisotopic (exact) mass is 752 g/mol. The van der Waals surface area contributed by atoms with Crippen LogP contribution in [0.25, 0.3) is 32.0 Å². The minimum atomic E-state index is -3.09. The number of hydrogen-bond acceptors (Lipinski definition) is 10. The molecule has 0 saturated carbocycles. The van der Waals surface area contributed by atoms with Crippen molar-refractivity contribution < 1.29 is 27.5 Å². The minimum Gasteiger partial charge on any atom is -0.496 e. The highest BCUT2D eigenvalue weighted by molar-refractivity contribution is 7.23. The smallest absolute Gasteiger partial charge is 0.276 e. The van der Waals surface area contributed by atoms with E-state index in [9.17, 15) is 4.79 Å². The molecule has 53 heavy (non-hydrogen) atoms. The highest BCUT2D eigenvalue weighted by Crippen LogP contribution is 2.53. The number of amides is 1. The first-order valence-electron chi connectivity index (χ1n) is 17.5. The Morgan fingerprint density at radius 1 is 1.11 bits per heavy atom. The maximum Gasteiger partial charge on any atom is 0.276 e. The SMILES string of the molecule is COc1cccc2c1CC(F)(F)[C@@H]2Nc1nccc2cc(-c3c4c(nc(C[C@@H]5COc6cc(Cl)ccc65)c3-c3nnc(C)o3)C3CCCN3C4=O)sc12. The van der Waals surface area contributed by atoms with Gasteiger partial charge in [0, 0.05) is 65.0 Å². The normalized spacial score (nSPS) is 20.7. The molecule has 2 aromatic carbocycles. The molecule has 268 valence electrons. The van der Waals surface area contributed by atoms with Crippen molar-refractivity contribution in [1.29, 1.82) is 0 Å². The Balaban J connectivity index is 1.15. The quantitative estimate of drug-likeness (QED) is 0.171. The van der Waals surface area contributed by atoms with Gasteiger partial charge in [0.2, 0.25) is 11.8 Å². The maximum atomic E-state index is 15.7. The predicted molar refractivity (Wildman–Crippen MR) is 195 cm³/mol. The molecule has 3 atom stereocenters. The number of nitrogens with zero attached hydrogens (tertiary/aromatic N) is 5. The molecule has 6 aromatic rings. The fourth-order valence-corrected chi connectivity index (χ4v) is 9.86. The summed E-state index contributed by atoms with van der Waals surface area (Å²) in [5.74, 6) is -1.10. The van der Waals surface area contributed by atoms with Crippen molar-refractivity contribution >= 4 is 44.7 Å². The third-order valence-electron chi connectivity index (χ3n) is 10.9. The van der Waals surface area contributed by atoms with Crippen LogP contribution in [-0.2, 0) is 12.8 Å². The van der Waals surface area contributed by atoms with Gasteiger partial charge in [0.1, 0.15) is 23.4 Å². The Morgan fingerprint density at radius 3 is 2.83 bits per heavy atom. The van der Waals surface area contributed by atoms with E-state index in [2.05, 4.69) is 20.5 Å². The van der Waals surface area contributed by atoms with Gasteiger partial charge >= 0.3 is 0 Å². The Bertz CT molecular complexity index is 2500. The number of carbonyl (C=O) groups excluding carboxylic acids is 1. The molecule has 0 spiro atoms. The van der Waals surface area contributed by atoms with E-state index in [0.29, 0.717) is 80.3 Å². The zero-order valence-corrected chi connectivity index (χ0v) is 30.2. The van der Waals surface area contributed by atoms with Gasteiger partial charge in [0.15, 0.2) is 0 Å². The number of benzene rings is 2. The zero-order valence-electron chi connectivity index (χ0n) is 28.6. The standard InChI is InChI=1S/C39H31ClF2N6O4S/c1-18-46-47-37(52-18)30-25(13-20-17-51-28-15-21(40)8-9-22(20)28)44-33-26-6-4-12-48(26)38(49)32(33)31(30)29-14-19-10-11-43-36(34(19)53-29)45-35-23-5-3-7-27(50-2)24(23)16-39(35,41)42/h3,5,7-11,14-15,20,26,35H,4,6,12-13,16-17H2,1-2H3,(H,43,45)/t20-,26?,35-/m1/s1. The van der Waals surface area contributed by atoms with Gasteiger partial charge < -0.3 is 24.1 Å². The lowest BCUT2D eigenvalue weighted by Gasteiger charge is -2.22. The van der Waals surface area contributed by atoms with Crippen molar-refractivity contribution in [2.24, 2.45) is 0 Å². The van der Waals surface area contributed by atoms with E-state index < -0.39 is 18.4 Å². The molecule has 1 unspecified atom stereocenters. The molecule has 1 aliphatic carbocycles. The van der Waals surface area contributed by atoms with E-state index in [1.54, 1.807) is 31.3 Å². The van der Waals surface area contributed by atoms with Gasteiger partial charge in [0.05, 0.1) is 47.0 Å². The molecule has 1 fully saturated rings. The number of hydrogen-bond donors (Lipinski definition) is 1. The molecule has 14 heteroatoms. The van der Waals surface area contributed by atoms with E-state index in [1.807, 2.05) is 35.2 Å². The van der Waals surface area contributed by atoms with Crippen molar-refractivity contribution in [3.8, 4) is 33.4 Å². The number of rotatable bonds is 7. The van der Waals surface area contributed by atoms with Crippen LogP contribution in [0.15, 0.2) is 59.1 Å². The molecule has 1 amide bonds. The van der Waals surface area contributed by atoms with E-state index in [1.165, 1.54) is 18.4 Å². The zero-order chi connectivity index (χ0) is 36.2. The first-order chi connectivity index (χ1) is 25.7. The first kappa shape index (κ1) is 32.5. The largest absolute Gasteiger partial charge is 0.496 e. The van der Waals surface area contributed by atoms with Gasteiger partial charge in [-0.25, -0.2) is 13.8 Å². The number of anilines is 1. The summed E-state index contributed by atoms with van der Waals surface area (Å²) in [7, 11) is 1.49. The lowest BCUT2D eigenvalue weighted by molar-refractivity contribution is -0.00734. The minimum absolute atomic E-state index is 0.0442. The lowest BCUT2D eigenvalue weighted by atomic mass is 9.89. The van der Waals surface area contributed by atoms with Crippen LogP contribution in [0.3, 0.4) is 0 Å². The van der Waals surface area contributed by atoms with Crippen molar-refractivity contribution in [3.05, 3.63) is 99.3 Å². The molecule has 0 bridgehead atoms. The van der Waals surface area contributed by atoms with Gasteiger partial charge in [-0.1, -0.05) is 29.8 Å². The predicted octanol–water partition coefficient (Wildman–Crippen LogP) is 8.73. The number of aromatic nitrogens is 4. The average molecular weight is 753 g/mol. The number of nitrogens with one attached hydrogen (secondary N) is 1. The Labute approximate surface area is 311 Å². The summed E-state index contributed by atoms with van der Waals surface area (Å²) in [5.41, 5.74) is 5.17. The van der Waals surface area contributed by atoms with Crippen LogP contribution in [0.5, 0.6) is 11.5 Å². The maximum absolute atomic E-state index is 15.7. The summed E-state index contributed by atoms with van der Waals surface area (Å²) >= 11 is 7.67. The van der Waals surface area contributed by atoms with Crippen LogP contribution >= 0.6 is 22.9 Å². The third-order valence-corrected chi connectivity index (χ3v) is 12.3. The molecule has 4 aliphatic rings. The molecular weight excluding hydrogens is 722 g/mol. The lowest BCUT2D eigenvalue weighted by Crippen LogP contribution is -2.28. The fraction of sp³-hybridized carbons (Fsp3) is 0.308. The number of halogens is 3. The van der Waals surface area contributed by atoms with Gasteiger partial charge in [-0.3, -0.25) is 9.78 Å². The molecule has 3 aliphatic heterocycles. The van der Waals surface area contributed by atoms with E-state index in [4.69, 9.17) is 30.5 Å². The summed E-state index contributed by atoms with van der Waals surface area (Å²) in [5, 5.41) is 13.1. The van der Waals surface area contributed by atoms with Crippen molar-refractivity contribution in [3.63, 3.8) is 0 Å². The molecule has 1 saturated heterocycles. The topological polar surface area (TPSA) is 116 Å². The number of fused-ring (bicyclic) bond motifs is 6. The van der Waals surface area contributed by atoms with Gasteiger partial charge in [0.25, 0.3) is 11.8 Å². The van der Waals surface area contributed by atoms with Crippen LogP contribution in [0, 0.1) is 6.92 Å². The summed E-state index contributed by atoms with van der Waals surface area (Å²) in [4.78, 5) is 26.8. The number of methoxy groups -OCH3 is 1. The highest BCUT2D eigenvalue weighted by atomic mass is 35.5.